The SMILES string of the molecule is CCCC1=C([C@H](O)CC/C(C)=C/c2cc(I)c(O)c(OC)c2)[C@H](CO)[C@@H]2C(=O)N(C3CCCCC3)C(=O)[C@@H]2C1. The zero-order valence-electron chi connectivity index (χ0n) is 23.3. The summed E-state index contributed by atoms with van der Waals surface area (Å²) >= 11 is 2.07. The second-order valence-electron chi connectivity index (χ2n) is 11.4. The Morgan fingerprint density at radius 1 is 1.21 bits per heavy atom. The Morgan fingerprint density at radius 3 is 2.56 bits per heavy atom. The lowest BCUT2D eigenvalue weighted by Crippen LogP contribution is -2.42. The van der Waals surface area contributed by atoms with Gasteiger partial charge in [0.25, 0.3) is 0 Å². The summed E-state index contributed by atoms with van der Waals surface area (Å²) in [5.41, 5.74) is 3.77. The minimum Gasteiger partial charge on any atom is -0.504 e. The van der Waals surface area contributed by atoms with Crippen LogP contribution in [0.2, 0.25) is 0 Å². The van der Waals surface area contributed by atoms with Crippen LogP contribution in [0.25, 0.3) is 6.08 Å². The third-order valence-corrected chi connectivity index (χ3v) is 9.58. The summed E-state index contributed by atoms with van der Waals surface area (Å²) in [6, 6.07) is 3.63. The molecular weight excluding hydrogens is 609 g/mol. The number of halogens is 1. The average Bonchev–Trinajstić information content (AvgIpc) is 3.18. The van der Waals surface area contributed by atoms with Crippen molar-refractivity contribution in [2.75, 3.05) is 13.7 Å². The number of ether oxygens (including phenoxy) is 1. The summed E-state index contributed by atoms with van der Waals surface area (Å²) in [6.07, 6.45) is 9.35. The first-order valence-electron chi connectivity index (χ1n) is 14.3. The number of hydrogen-bond donors (Lipinski definition) is 3. The predicted octanol–water partition coefficient (Wildman–Crippen LogP) is 5.59. The third kappa shape index (κ3) is 6.22. The van der Waals surface area contributed by atoms with Gasteiger partial charge in [-0.3, -0.25) is 14.5 Å². The van der Waals surface area contributed by atoms with Crippen LogP contribution in [-0.2, 0) is 9.59 Å². The Kier molecular flexibility index (Phi) is 10.1. The molecule has 0 bridgehead atoms. The molecule has 1 aromatic carbocycles. The molecule has 4 rings (SSSR count). The van der Waals surface area contributed by atoms with Gasteiger partial charge in [0, 0.05) is 12.0 Å². The lowest BCUT2D eigenvalue weighted by atomic mass is 9.67. The summed E-state index contributed by atoms with van der Waals surface area (Å²) in [4.78, 5) is 28.7. The second-order valence-corrected chi connectivity index (χ2v) is 12.5. The number of methoxy groups -OCH3 is 1. The van der Waals surface area contributed by atoms with Crippen LogP contribution in [-0.4, -0.2) is 57.9 Å². The molecular formula is C31H42INO6. The molecule has 2 aliphatic carbocycles. The van der Waals surface area contributed by atoms with E-state index in [-0.39, 0.29) is 30.2 Å². The van der Waals surface area contributed by atoms with E-state index in [1.165, 1.54) is 12.0 Å². The molecule has 0 aromatic heterocycles. The molecule has 1 saturated heterocycles. The first kappa shape index (κ1) is 30.1. The highest BCUT2D eigenvalue weighted by atomic mass is 127. The van der Waals surface area contributed by atoms with Crippen molar-refractivity contribution in [1.82, 2.24) is 4.90 Å². The highest BCUT2D eigenvalue weighted by Crippen LogP contribution is 2.48. The molecule has 7 nitrogen and oxygen atoms in total. The molecule has 0 radical (unpaired) electrons. The van der Waals surface area contributed by atoms with E-state index < -0.39 is 23.9 Å². The maximum atomic E-state index is 13.7. The molecule has 1 saturated carbocycles. The molecule has 2 amide bonds. The number of hydrogen-bond acceptors (Lipinski definition) is 6. The molecule has 3 N–H and O–H groups in total. The smallest absolute Gasteiger partial charge is 0.234 e. The van der Waals surface area contributed by atoms with E-state index in [0.717, 1.165) is 67.2 Å². The highest BCUT2D eigenvalue weighted by molar-refractivity contribution is 14.1. The van der Waals surface area contributed by atoms with E-state index in [1.54, 1.807) is 6.07 Å². The summed E-state index contributed by atoms with van der Waals surface area (Å²) < 4.78 is 5.97. The van der Waals surface area contributed by atoms with E-state index in [4.69, 9.17) is 4.74 Å². The minimum absolute atomic E-state index is 0.0268. The fourth-order valence-electron chi connectivity index (χ4n) is 6.93. The molecule has 1 heterocycles. The van der Waals surface area contributed by atoms with Gasteiger partial charge < -0.3 is 20.1 Å². The van der Waals surface area contributed by atoms with Crippen molar-refractivity contribution in [3.05, 3.63) is 38.0 Å². The van der Waals surface area contributed by atoms with Crippen LogP contribution in [0.1, 0.15) is 83.6 Å². The van der Waals surface area contributed by atoms with Crippen molar-refractivity contribution < 1.29 is 29.6 Å². The number of fused-ring (bicyclic) bond motifs is 1. The molecule has 1 aliphatic heterocycles. The van der Waals surface area contributed by atoms with Crippen LogP contribution in [0.4, 0.5) is 0 Å². The predicted molar refractivity (Wildman–Crippen MR) is 159 cm³/mol. The van der Waals surface area contributed by atoms with E-state index in [9.17, 15) is 24.9 Å². The van der Waals surface area contributed by atoms with Gasteiger partial charge in [0.1, 0.15) is 0 Å². The van der Waals surface area contributed by atoms with Crippen LogP contribution in [0.15, 0.2) is 28.9 Å². The number of carbonyl (C=O) groups excluding carboxylic acids is 2. The fraction of sp³-hybridized carbons (Fsp3) is 0.613. The molecule has 0 spiro atoms. The molecule has 0 unspecified atom stereocenters. The standard InChI is InChI=1S/C31H42INO6/c1-4-8-20-16-22-28(31(38)33(30(22)37)21-9-6-5-7-10-21)23(17-34)27(20)25(35)12-11-18(2)13-19-14-24(32)29(36)26(15-19)39-3/h13-15,21-23,25,28,34-36H,4-12,16-17H2,1-3H3/b18-13+/t22-,23+,25-,28-/m1/s1. The number of imide groups is 1. The summed E-state index contributed by atoms with van der Waals surface area (Å²) in [6.45, 7) is 3.83. The van der Waals surface area contributed by atoms with Gasteiger partial charge in [-0.25, -0.2) is 0 Å². The van der Waals surface area contributed by atoms with Crippen LogP contribution < -0.4 is 4.74 Å². The first-order chi connectivity index (χ1) is 18.7. The Bertz CT molecular complexity index is 1140. The van der Waals surface area contributed by atoms with Crippen molar-refractivity contribution in [2.24, 2.45) is 17.8 Å². The minimum atomic E-state index is -0.797. The van der Waals surface area contributed by atoms with E-state index in [0.29, 0.717) is 28.6 Å². The Morgan fingerprint density at radius 2 is 1.92 bits per heavy atom. The number of carbonyl (C=O) groups is 2. The van der Waals surface area contributed by atoms with E-state index in [2.05, 4.69) is 29.5 Å². The van der Waals surface area contributed by atoms with Gasteiger partial charge in [-0.1, -0.05) is 49.8 Å². The number of aliphatic hydroxyl groups is 2. The average molecular weight is 652 g/mol. The summed E-state index contributed by atoms with van der Waals surface area (Å²) in [5, 5.41) is 32.1. The molecule has 4 atom stereocenters. The number of benzene rings is 1. The summed E-state index contributed by atoms with van der Waals surface area (Å²) in [5.74, 6) is -1.24. The van der Waals surface area contributed by atoms with Gasteiger partial charge >= 0.3 is 0 Å². The van der Waals surface area contributed by atoms with Gasteiger partial charge in [-0.05, 0) is 91.3 Å². The molecule has 214 valence electrons. The summed E-state index contributed by atoms with van der Waals surface area (Å²) in [7, 11) is 1.52. The number of amides is 2. The number of likely N-dealkylation sites (tertiary alicyclic amines) is 1. The zero-order valence-corrected chi connectivity index (χ0v) is 25.4. The molecule has 1 aromatic rings. The normalized spacial score (nSPS) is 25.3. The third-order valence-electron chi connectivity index (χ3n) is 8.76. The highest BCUT2D eigenvalue weighted by Gasteiger charge is 2.56. The van der Waals surface area contributed by atoms with Crippen molar-refractivity contribution in [2.45, 2.75) is 90.2 Å². The fourth-order valence-corrected chi connectivity index (χ4v) is 7.56. The molecule has 39 heavy (non-hydrogen) atoms. The second kappa shape index (κ2) is 13.2. The number of nitrogens with zero attached hydrogens (tertiary/aromatic N) is 1. The molecule has 8 heteroatoms. The van der Waals surface area contributed by atoms with Crippen LogP contribution in [0.3, 0.4) is 0 Å². The number of aliphatic hydroxyl groups excluding tert-OH is 2. The van der Waals surface area contributed by atoms with Crippen LogP contribution >= 0.6 is 22.6 Å². The van der Waals surface area contributed by atoms with E-state index in [1.807, 2.05) is 19.1 Å². The Hall–Kier alpha value is -1.91. The number of rotatable bonds is 10. The van der Waals surface area contributed by atoms with Gasteiger partial charge in [0.15, 0.2) is 11.5 Å². The number of allylic oxidation sites excluding steroid dienone is 2. The van der Waals surface area contributed by atoms with Crippen molar-refractivity contribution >= 4 is 40.5 Å². The number of phenolic OH excluding ortho intramolecular Hbond substituents is 1. The van der Waals surface area contributed by atoms with E-state index >= 15 is 0 Å². The zero-order chi connectivity index (χ0) is 28.3. The van der Waals surface area contributed by atoms with Gasteiger partial charge in [-0.15, -0.1) is 0 Å². The van der Waals surface area contributed by atoms with Crippen molar-refractivity contribution in [3.8, 4) is 11.5 Å². The maximum absolute atomic E-state index is 13.7. The van der Waals surface area contributed by atoms with Crippen molar-refractivity contribution in [1.29, 1.82) is 0 Å². The lowest BCUT2D eigenvalue weighted by Gasteiger charge is -2.36. The number of phenols is 1. The quantitative estimate of drug-likeness (QED) is 0.173. The first-order valence-corrected chi connectivity index (χ1v) is 15.4. The van der Waals surface area contributed by atoms with Crippen molar-refractivity contribution in [3.63, 3.8) is 0 Å². The Balaban J connectivity index is 1.54. The Labute approximate surface area is 245 Å². The monoisotopic (exact) mass is 651 g/mol. The van der Waals surface area contributed by atoms with Gasteiger partial charge in [-0.2, -0.15) is 0 Å². The van der Waals surface area contributed by atoms with Gasteiger partial charge in [0.05, 0.1) is 35.2 Å². The topological polar surface area (TPSA) is 107 Å². The molecule has 2 fully saturated rings. The van der Waals surface area contributed by atoms with Crippen LogP contribution in [0, 0.1) is 21.3 Å². The molecule has 3 aliphatic rings. The lowest BCUT2D eigenvalue weighted by molar-refractivity contribution is -0.143. The largest absolute Gasteiger partial charge is 0.504 e. The van der Waals surface area contributed by atoms with Crippen LogP contribution in [0.5, 0.6) is 11.5 Å². The maximum Gasteiger partial charge on any atom is 0.234 e. The number of aromatic hydroxyl groups is 1. The van der Waals surface area contributed by atoms with Gasteiger partial charge in [0.2, 0.25) is 11.8 Å².